The minimum absolute atomic E-state index is 0. The average molecular weight is 521 g/mol. The van der Waals surface area contributed by atoms with E-state index in [9.17, 15) is 12.8 Å². The van der Waals surface area contributed by atoms with E-state index >= 15 is 0 Å². The van der Waals surface area contributed by atoms with Gasteiger partial charge in [-0.05, 0) is 30.3 Å². The Bertz CT molecular complexity index is 983. The first-order valence-electron chi connectivity index (χ1n) is 8.28. The van der Waals surface area contributed by atoms with Crippen molar-refractivity contribution in [2.75, 3.05) is 24.8 Å². The molecule has 3 rings (SSSR count). The Morgan fingerprint density at radius 1 is 1.18 bits per heavy atom. The molecule has 3 N–H and O–H groups in total. The van der Waals surface area contributed by atoms with Gasteiger partial charge in [-0.2, -0.15) is 0 Å². The molecule has 0 unspecified atom stereocenters. The number of nitrogens with zero attached hydrogens (tertiary/aromatic N) is 1. The number of ether oxygens (including phenoxy) is 2. The van der Waals surface area contributed by atoms with Crippen LogP contribution in [0, 0.1) is 5.82 Å². The summed E-state index contributed by atoms with van der Waals surface area (Å²) in [5, 5.41) is 2.90. The monoisotopic (exact) mass is 521 g/mol. The van der Waals surface area contributed by atoms with Crippen LogP contribution in [0.5, 0.6) is 11.5 Å². The Kier molecular flexibility index (Phi) is 7.47. The quantitative estimate of drug-likeness (QED) is 0.278. The molecule has 152 valence electrons. The van der Waals surface area contributed by atoms with E-state index in [4.69, 9.17) is 15.2 Å². The molecule has 0 radical (unpaired) electrons. The molecule has 28 heavy (non-hydrogen) atoms. The summed E-state index contributed by atoms with van der Waals surface area (Å²) in [6, 6.07) is 8.86. The Morgan fingerprint density at radius 3 is 2.61 bits per heavy atom. The fourth-order valence-corrected chi connectivity index (χ4v) is 3.17. The number of hydrogen-bond acceptors (Lipinski definition) is 5. The van der Waals surface area contributed by atoms with Gasteiger partial charge in [-0.15, -0.1) is 24.0 Å². The molecule has 0 amide bonds. The van der Waals surface area contributed by atoms with Gasteiger partial charge in [0.2, 0.25) is 0 Å². The second-order valence-corrected chi connectivity index (χ2v) is 8.08. The fraction of sp³-hybridized carbons (Fsp3) is 0.278. The van der Waals surface area contributed by atoms with Gasteiger partial charge in [0.1, 0.15) is 5.82 Å². The van der Waals surface area contributed by atoms with Crippen molar-refractivity contribution in [2.45, 2.75) is 17.9 Å². The second kappa shape index (κ2) is 9.41. The molecule has 0 saturated carbocycles. The fourth-order valence-electron chi connectivity index (χ4n) is 2.50. The molecule has 0 fully saturated rings. The van der Waals surface area contributed by atoms with E-state index in [1.807, 2.05) is 0 Å². The van der Waals surface area contributed by atoms with Crippen molar-refractivity contribution in [3.8, 4) is 11.5 Å². The van der Waals surface area contributed by atoms with Crippen LogP contribution in [-0.4, -0.2) is 33.8 Å². The third-order valence-corrected chi connectivity index (χ3v) is 5.00. The topological polar surface area (TPSA) is 103 Å². The molecule has 10 heteroatoms. The molecule has 0 spiro atoms. The van der Waals surface area contributed by atoms with Gasteiger partial charge in [-0.3, -0.25) is 0 Å². The van der Waals surface area contributed by atoms with Crippen LogP contribution < -0.4 is 20.5 Å². The predicted octanol–water partition coefficient (Wildman–Crippen LogP) is 2.94. The summed E-state index contributed by atoms with van der Waals surface area (Å²) in [6.07, 6.45) is 1.87. The minimum atomic E-state index is -3.43. The molecule has 0 saturated heterocycles. The Labute approximate surface area is 180 Å². The highest BCUT2D eigenvalue weighted by molar-refractivity contribution is 14.0. The molecular weight excluding hydrogens is 500 g/mol. The average Bonchev–Trinajstić information content (AvgIpc) is 2.85. The largest absolute Gasteiger partial charge is 0.490 e. The number of benzene rings is 2. The van der Waals surface area contributed by atoms with Gasteiger partial charge in [0.05, 0.1) is 24.7 Å². The van der Waals surface area contributed by atoms with Crippen LogP contribution in [0.3, 0.4) is 0 Å². The van der Waals surface area contributed by atoms with Crippen molar-refractivity contribution in [3.05, 3.63) is 47.8 Å². The normalized spacial score (nSPS) is 14.0. The van der Waals surface area contributed by atoms with Crippen LogP contribution in [0.15, 0.2) is 46.3 Å². The molecule has 1 aliphatic heterocycles. The highest BCUT2D eigenvalue weighted by Gasteiger charge is 2.12. The molecular formula is C18H21FIN3O4S. The Balaban J connectivity index is 0.00000280. The molecule has 1 aliphatic rings. The number of halogens is 2. The van der Waals surface area contributed by atoms with Crippen molar-refractivity contribution in [1.82, 2.24) is 0 Å². The summed E-state index contributed by atoms with van der Waals surface area (Å²) in [4.78, 5) is 4.11. The van der Waals surface area contributed by atoms with Crippen LogP contribution in [0.1, 0.15) is 12.0 Å². The predicted molar refractivity (Wildman–Crippen MR) is 116 cm³/mol. The highest BCUT2D eigenvalue weighted by atomic mass is 127. The molecule has 0 atom stereocenters. The molecule has 0 bridgehead atoms. The molecule has 7 nitrogen and oxygen atoms in total. The van der Waals surface area contributed by atoms with Crippen LogP contribution in [0.2, 0.25) is 0 Å². The SMILES string of the molecule is CS(=O)(=O)c1ccc(F)c(CN=C(N)Nc2ccc3c(c2)OCCCO3)c1.I. The maximum atomic E-state index is 13.9. The van der Waals surface area contributed by atoms with Gasteiger partial charge in [0, 0.05) is 30.0 Å². The summed E-state index contributed by atoms with van der Waals surface area (Å²) in [6.45, 7) is 1.07. The Morgan fingerprint density at radius 2 is 1.89 bits per heavy atom. The number of anilines is 1. The lowest BCUT2D eigenvalue weighted by molar-refractivity contribution is 0.297. The molecule has 0 aromatic heterocycles. The van der Waals surface area contributed by atoms with Crippen molar-refractivity contribution >= 4 is 45.5 Å². The summed E-state index contributed by atoms with van der Waals surface area (Å²) in [5.74, 6) is 0.786. The molecule has 0 aliphatic carbocycles. The summed E-state index contributed by atoms with van der Waals surface area (Å²) in [5.41, 5.74) is 6.64. The Hall–Kier alpha value is -2.08. The zero-order chi connectivity index (χ0) is 19.4. The zero-order valence-corrected chi connectivity index (χ0v) is 18.3. The number of nitrogens with two attached hydrogens (primary N) is 1. The van der Waals surface area contributed by atoms with E-state index in [0.717, 1.165) is 18.7 Å². The van der Waals surface area contributed by atoms with Gasteiger partial charge in [0.25, 0.3) is 0 Å². The van der Waals surface area contributed by atoms with E-state index in [0.29, 0.717) is 30.4 Å². The third kappa shape index (κ3) is 5.71. The molecule has 1 heterocycles. The van der Waals surface area contributed by atoms with Gasteiger partial charge in [-0.25, -0.2) is 17.8 Å². The van der Waals surface area contributed by atoms with Crippen molar-refractivity contribution in [2.24, 2.45) is 10.7 Å². The van der Waals surface area contributed by atoms with Gasteiger partial charge in [-0.1, -0.05) is 0 Å². The minimum Gasteiger partial charge on any atom is -0.490 e. The lowest BCUT2D eigenvalue weighted by atomic mass is 10.2. The van der Waals surface area contributed by atoms with Crippen LogP contribution in [0.25, 0.3) is 0 Å². The number of rotatable bonds is 4. The maximum Gasteiger partial charge on any atom is 0.193 e. The number of guanidine groups is 1. The summed E-state index contributed by atoms with van der Waals surface area (Å²) >= 11 is 0. The molecule has 2 aromatic rings. The van der Waals surface area contributed by atoms with Gasteiger partial charge >= 0.3 is 0 Å². The van der Waals surface area contributed by atoms with Crippen LogP contribution >= 0.6 is 24.0 Å². The third-order valence-electron chi connectivity index (χ3n) is 3.89. The number of nitrogens with one attached hydrogen (secondary N) is 1. The van der Waals surface area contributed by atoms with Crippen molar-refractivity contribution < 1.29 is 22.3 Å². The smallest absolute Gasteiger partial charge is 0.193 e. The van der Waals surface area contributed by atoms with Crippen LogP contribution in [-0.2, 0) is 16.4 Å². The lowest BCUT2D eigenvalue weighted by Crippen LogP contribution is -2.22. The number of sulfone groups is 1. The van der Waals surface area contributed by atoms with E-state index < -0.39 is 15.7 Å². The van der Waals surface area contributed by atoms with Gasteiger partial charge in [0.15, 0.2) is 27.3 Å². The number of hydrogen-bond donors (Lipinski definition) is 2. The van der Waals surface area contributed by atoms with E-state index in [1.165, 1.54) is 12.1 Å². The number of fused-ring (bicyclic) bond motifs is 1. The number of aliphatic imine (C=N–C) groups is 1. The first-order chi connectivity index (χ1) is 12.8. The first-order valence-corrected chi connectivity index (χ1v) is 10.2. The second-order valence-electron chi connectivity index (χ2n) is 6.06. The maximum absolute atomic E-state index is 13.9. The van der Waals surface area contributed by atoms with Crippen molar-refractivity contribution in [1.29, 1.82) is 0 Å². The first kappa shape index (κ1) is 22.2. The summed E-state index contributed by atoms with van der Waals surface area (Å²) in [7, 11) is -3.43. The van der Waals surface area contributed by atoms with E-state index in [2.05, 4.69) is 10.3 Å². The lowest BCUT2D eigenvalue weighted by Gasteiger charge is -2.11. The summed E-state index contributed by atoms with van der Waals surface area (Å²) < 4.78 is 48.3. The van der Waals surface area contributed by atoms with Crippen LogP contribution in [0.4, 0.5) is 10.1 Å². The van der Waals surface area contributed by atoms with E-state index in [1.54, 1.807) is 18.2 Å². The van der Waals surface area contributed by atoms with Crippen molar-refractivity contribution in [3.63, 3.8) is 0 Å². The van der Waals surface area contributed by atoms with E-state index in [-0.39, 0.29) is 46.9 Å². The van der Waals surface area contributed by atoms with Gasteiger partial charge < -0.3 is 20.5 Å². The highest BCUT2D eigenvalue weighted by Crippen LogP contribution is 2.32. The molecule has 2 aromatic carbocycles. The zero-order valence-electron chi connectivity index (χ0n) is 15.1. The standard InChI is InChI=1S/C18H20FN3O4S.HI/c1-27(23,24)14-4-5-15(19)12(9-14)11-21-18(20)22-13-3-6-16-17(10-13)26-8-2-7-25-16;/h3-6,9-10H,2,7-8,11H2,1H3,(H3,20,21,22);1H.